The number of hydrogen-bond donors (Lipinski definition) is 2. The summed E-state index contributed by atoms with van der Waals surface area (Å²) >= 11 is 0. The van der Waals surface area contributed by atoms with Crippen molar-refractivity contribution in [3.63, 3.8) is 0 Å². The van der Waals surface area contributed by atoms with E-state index in [1.54, 1.807) is 0 Å². The maximum atomic E-state index is 5.94. The second kappa shape index (κ2) is 9.61. The maximum absolute atomic E-state index is 5.94. The zero-order chi connectivity index (χ0) is 16.9. The van der Waals surface area contributed by atoms with Crippen molar-refractivity contribution >= 4 is 29.9 Å². The van der Waals surface area contributed by atoms with Crippen molar-refractivity contribution in [3.8, 4) is 0 Å². The van der Waals surface area contributed by atoms with Gasteiger partial charge in [0.15, 0.2) is 5.96 Å². The number of hydrogen-bond acceptors (Lipinski definition) is 2. The average Bonchev–Trinajstić information content (AvgIpc) is 2.46. The molecule has 1 aliphatic rings. The summed E-state index contributed by atoms with van der Waals surface area (Å²) in [6.45, 7) is 12.7. The van der Waals surface area contributed by atoms with Crippen LogP contribution in [0.5, 0.6) is 0 Å². The molecule has 0 atom stereocenters. The number of aliphatic imine (C=N–C) groups is 1. The van der Waals surface area contributed by atoms with Crippen molar-refractivity contribution in [1.29, 1.82) is 0 Å². The molecule has 0 spiro atoms. The molecule has 1 heterocycles. The Labute approximate surface area is 164 Å². The molecular weight excluding hydrogens is 411 g/mol. The molecule has 1 aromatic carbocycles. The molecule has 0 amide bonds. The van der Waals surface area contributed by atoms with Gasteiger partial charge >= 0.3 is 0 Å². The fourth-order valence-electron chi connectivity index (χ4n) is 2.90. The highest BCUT2D eigenvalue weighted by molar-refractivity contribution is 14.0. The summed E-state index contributed by atoms with van der Waals surface area (Å²) in [5.74, 6) is 1.39. The number of guanidine groups is 1. The zero-order valence-corrected chi connectivity index (χ0v) is 17.8. The Morgan fingerprint density at radius 3 is 2.50 bits per heavy atom. The number of nitrogens with zero attached hydrogens (tertiary/aromatic N) is 2. The van der Waals surface area contributed by atoms with Gasteiger partial charge in [0.25, 0.3) is 0 Å². The van der Waals surface area contributed by atoms with Crippen molar-refractivity contribution in [2.24, 2.45) is 16.6 Å². The quantitative estimate of drug-likeness (QED) is 0.423. The van der Waals surface area contributed by atoms with Gasteiger partial charge in [-0.15, -0.1) is 24.0 Å². The number of likely N-dealkylation sites (tertiary alicyclic amines) is 1. The Bertz CT molecular complexity index is 528. The first kappa shape index (κ1) is 21.2. The highest BCUT2D eigenvalue weighted by Crippen LogP contribution is 2.18. The zero-order valence-electron chi connectivity index (χ0n) is 15.5. The number of benzene rings is 1. The third-order valence-corrected chi connectivity index (χ3v) is 4.21. The summed E-state index contributed by atoms with van der Waals surface area (Å²) in [6.07, 6.45) is 2.64. The van der Waals surface area contributed by atoms with Crippen LogP contribution in [0.4, 0.5) is 0 Å². The van der Waals surface area contributed by atoms with E-state index in [9.17, 15) is 0 Å². The number of piperidine rings is 1. The third kappa shape index (κ3) is 7.83. The van der Waals surface area contributed by atoms with Crippen LogP contribution in [0.3, 0.4) is 0 Å². The Kier molecular flexibility index (Phi) is 8.50. The van der Waals surface area contributed by atoms with Gasteiger partial charge in [-0.25, -0.2) is 4.99 Å². The third-order valence-electron chi connectivity index (χ3n) is 4.21. The van der Waals surface area contributed by atoms with Gasteiger partial charge in [-0.05, 0) is 63.7 Å². The van der Waals surface area contributed by atoms with Crippen LogP contribution in [0.25, 0.3) is 0 Å². The minimum absolute atomic E-state index is 0. The molecular formula is C19H33IN4. The van der Waals surface area contributed by atoms with E-state index in [2.05, 4.69) is 67.2 Å². The Morgan fingerprint density at radius 2 is 1.88 bits per heavy atom. The maximum Gasteiger partial charge on any atom is 0.189 e. The van der Waals surface area contributed by atoms with E-state index in [1.165, 1.54) is 37.1 Å². The summed E-state index contributed by atoms with van der Waals surface area (Å²) in [5, 5.41) is 3.19. The highest BCUT2D eigenvalue weighted by Gasteiger charge is 2.15. The number of rotatable bonds is 4. The number of halogens is 1. The van der Waals surface area contributed by atoms with Crippen molar-refractivity contribution in [2.45, 2.75) is 59.2 Å². The van der Waals surface area contributed by atoms with Gasteiger partial charge in [0, 0.05) is 12.1 Å². The first-order valence-electron chi connectivity index (χ1n) is 8.70. The van der Waals surface area contributed by atoms with E-state index >= 15 is 0 Å². The summed E-state index contributed by atoms with van der Waals surface area (Å²) in [6, 6.07) is 8.71. The smallest absolute Gasteiger partial charge is 0.189 e. The minimum atomic E-state index is -0.0547. The molecule has 136 valence electrons. The van der Waals surface area contributed by atoms with Crippen molar-refractivity contribution < 1.29 is 0 Å². The number of nitrogens with one attached hydrogen (secondary N) is 1. The van der Waals surface area contributed by atoms with Crippen molar-refractivity contribution in [2.75, 3.05) is 13.1 Å². The van der Waals surface area contributed by atoms with Gasteiger partial charge in [-0.3, -0.25) is 4.90 Å². The van der Waals surface area contributed by atoms with Gasteiger partial charge in [-0.2, -0.15) is 0 Å². The number of nitrogens with two attached hydrogens (primary N) is 1. The Hall–Kier alpha value is -0.820. The molecule has 1 fully saturated rings. The van der Waals surface area contributed by atoms with Crippen LogP contribution in [-0.4, -0.2) is 29.5 Å². The average molecular weight is 444 g/mol. The largest absolute Gasteiger partial charge is 0.370 e. The molecule has 4 nitrogen and oxygen atoms in total. The van der Waals surface area contributed by atoms with E-state index in [-0.39, 0.29) is 29.5 Å². The summed E-state index contributed by atoms with van der Waals surface area (Å²) in [4.78, 5) is 7.00. The topological polar surface area (TPSA) is 53.6 Å². The lowest BCUT2D eigenvalue weighted by molar-refractivity contribution is 0.185. The molecule has 0 unspecified atom stereocenters. The lowest BCUT2D eigenvalue weighted by atomic mass is 9.98. The van der Waals surface area contributed by atoms with Crippen LogP contribution in [0.15, 0.2) is 29.3 Å². The van der Waals surface area contributed by atoms with Crippen LogP contribution in [0.2, 0.25) is 0 Å². The lowest BCUT2D eigenvalue weighted by Gasteiger charge is -2.30. The molecule has 5 heteroatoms. The first-order valence-corrected chi connectivity index (χ1v) is 8.70. The molecule has 0 saturated carbocycles. The lowest BCUT2D eigenvalue weighted by Crippen LogP contribution is -2.44. The van der Waals surface area contributed by atoms with E-state index in [4.69, 9.17) is 5.73 Å². The van der Waals surface area contributed by atoms with Gasteiger partial charge in [-0.1, -0.05) is 31.2 Å². The van der Waals surface area contributed by atoms with Crippen LogP contribution < -0.4 is 11.1 Å². The fourth-order valence-corrected chi connectivity index (χ4v) is 2.90. The standard InChI is InChI=1S/C19H32N4.HI/c1-15-8-10-23(11-9-15)14-17-7-5-6-16(12-17)13-21-18(20)22-19(2,3)4;/h5-7,12,15H,8-11,13-14H2,1-4H3,(H3,20,21,22);1H. The molecule has 0 aromatic heterocycles. The summed E-state index contributed by atoms with van der Waals surface area (Å²) < 4.78 is 0. The van der Waals surface area contributed by atoms with E-state index < -0.39 is 0 Å². The van der Waals surface area contributed by atoms with E-state index in [1.807, 2.05) is 0 Å². The minimum Gasteiger partial charge on any atom is -0.370 e. The predicted octanol–water partition coefficient (Wildman–Crippen LogP) is 3.74. The second-order valence-electron chi connectivity index (χ2n) is 7.86. The highest BCUT2D eigenvalue weighted by atomic mass is 127. The van der Waals surface area contributed by atoms with Gasteiger partial charge < -0.3 is 11.1 Å². The van der Waals surface area contributed by atoms with Crippen molar-refractivity contribution in [1.82, 2.24) is 10.2 Å². The van der Waals surface area contributed by atoms with Crippen LogP contribution >= 0.6 is 24.0 Å². The summed E-state index contributed by atoms with van der Waals surface area (Å²) in [7, 11) is 0. The molecule has 2 rings (SSSR count). The van der Waals surface area contributed by atoms with Gasteiger partial charge in [0.05, 0.1) is 6.54 Å². The SMILES string of the molecule is CC1CCN(Cc2cccc(CN=C(N)NC(C)(C)C)c2)CC1.I. The first-order chi connectivity index (χ1) is 10.8. The molecule has 3 N–H and O–H groups in total. The van der Waals surface area contributed by atoms with Crippen LogP contribution in [0.1, 0.15) is 51.7 Å². The Balaban J connectivity index is 0.00000288. The Morgan fingerprint density at radius 1 is 1.25 bits per heavy atom. The van der Waals surface area contributed by atoms with E-state index in [0.29, 0.717) is 12.5 Å². The molecule has 0 bridgehead atoms. The van der Waals surface area contributed by atoms with Gasteiger partial charge in [0.1, 0.15) is 0 Å². The fraction of sp³-hybridized carbons (Fsp3) is 0.632. The van der Waals surface area contributed by atoms with E-state index in [0.717, 1.165) is 12.5 Å². The molecule has 24 heavy (non-hydrogen) atoms. The normalized spacial score (nSPS) is 17.4. The van der Waals surface area contributed by atoms with Crippen molar-refractivity contribution in [3.05, 3.63) is 35.4 Å². The summed E-state index contributed by atoms with van der Waals surface area (Å²) in [5.41, 5.74) is 8.47. The predicted molar refractivity (Wildman–Crippen MR) is 114 cm³/mol. The van der Waals surface area contributed by atoms with Crippen LogP contribution in [-0.2, 0) is 13.1 Å². The second-order valence-corrected chi connectivity index (χ2v) is 7.86. The molecule has 1 saturated heterocycles. The van der Waals surface area contributed by atoms with Crippen LogP contribution in [0, 0.1) is 5.92 Å². The molecule has 1 aliphatic heterocycles. The van der Waals surface area contributed by atoms with Gasteiger partial charge in [0.2, 0.25) is 0 Å². The monoisotopic (exact) mass is 444 g/mol. The molecule has 0 radical (unpaired) electrons. The molecule has 0 aliphatic carbocycles. The molecule has 1 aromatic rings.